The van der Waals surface area contributed by atoms with Gasteiger partial charge in [-0.3, -0.25) is 4.90 Å². The minimum atomic E-state index is 0.244. The fourth-order valence-electron chi connectivity index (χ4n) is 3.50. The van der Waals surface area contributed by atoms with Gasteiger partial charge >= 0.3 is 0 Å². The minimum absolute atomic E-state index is 0.244. The number of tetrazole rings is 1. The van der Waals surface area contributed by atoms with Gasteiger partial charge in [0.05, 0.1) is 19.2 Å². The minimum Gasteiger partial charge on any atom is -0.383 e. The molecule has 0 N–H and O–H groups in total. The van der Waals surface area contributed by atoms with E-state index in [0.717, 1.165) is 49.9 Å². The molecule has 0 spiro atoms. The Morgan fingerprint density at radius 2 is 2.04 bits per heavy atom. The molecule has 1 atom stereocenters. The molecule has 26 heavy (non-hydrogen) atoms. The molecule has 142 valence electrons. The second kappa shape index (κ2) is 9.30. The summed E-state index contributed by atoms with van der Waals surface area (Å²) < 4.78 is 7.06. The van der Waals surface area contributed by atoms with E-state index in [1.165, 1.54) is 5.69 Å². The molecule has 1 unspecified atom stereocenters. The molecule has 1 aliphatic rings. The molecule has 7 nitrogen and oxygen atoms in total. The Kier molecular flexibility index (Phi) is 6.82. The van der Waals surface area contributed by atoms with Crippen molar-refractivity contribution in [2.75, 3.05) is 44.8 Å². The van der Waals surface area contributed by atoms with E-state index in [4.69, 9.17) is 16.3 Å². The number of halogens is 1. The van der Waals surface area contributed by atoms with Gasteiger partial charge < -0.3 is 9.64 Å². The van der Waals surface area contributed by atoms with Gasteiger partial charge in [0, 0.05) is 44.0 Å². The predicted molar refractivity (Wildman–Crippen MR) is 103 cm³/mol. The number of hydrogen-bond acceptors (Lipinski definition) is 6. The van der Waals surface area contributed by atoms with Crippen molar-refractivity contribution in [3.63, 3.8) is 0 Å². The Bertz CT molecular complexity index is 686. The summed E-state index contributed by atoms with van der Waals surface area (Å²) in [4.78, 5) is 4.89. The Labute approximate surface area is 159 Å². The van der Waals surface area contributed by atoms with Crippen molar-refractivity contribution >= 4 is 17.3 Å². The fraction of sp³-hybridized carbons (Fsp3) is 0.611. The third-order valence-corrected chi connectivity index (χ3v) is 5.09. The average molecular weight is 379 g/mol. The van der Waals surface area contributed by atoms with Gasteiger partial charge in [-0.05, 0) is 35.0 Å². The third kappa shape index (κ3) is 4.52. The van der Waals surface area contributed by atoms with Gasteiger partial charge in [-0.1, -0.05) is 31.0 Å². The van der Waals surface area contributed by atoms with Gasteiger partial charge in [0.2, 0.25) is 0 Å². The summed E-state index contributed by atoms with van der Waals surface area (Å²) >= 11 is 6.14. The summed E-state index contributed by atoms with van der Waals surface area (Å²) in [6.45, 7) is 7.41. The van der Waals surface area contributed by atoms with Gasteiger partial charge in [0.1, 0.15) is 0 Å². The smallest absolute Gasteiger partial charge is 0.168 e. The monoisotopic (exact) mass is 378 g/mol. The topological polar surface area (TPSA) is 59.3 Å². The van der Waals surface area contributed by atoms with Crippen molar-refractivity contribution < 1.29 is 4.74 Å². The van der Waals surface area contributed by atoms with E-state index in [0.29, 0.717) is 13.2 Å². The van der Waals surface area contributed by atoms with Gasteiger partial charge in [0.15, 0.2) is 5.82 Å². The van der Waals surface area contributed by atoms with Crippen LogP contribution >= 0.6 is 11.6 Å². The van der Waals surface area contributed by atoms with Crippen LogP contribution in [-0.4, -0.2) is 65.0 Å². The first kappa shape index (κ1) is 19.1. The van der Waals surface area contributed by atoms with Crippen LogP contribution in [-0.2, 0) is 11.3 Å². The molecule has 1 aromatic heterocycles. The molecule has 1 aliphatic heterocycles. The molecule has 0 radical (unpaired) electrons. The number of methoxy groups -OCH3 is 1. The Morgan fingerprint density at radius 3 is 2.73 bits per heavy atom. The van der Waals surface area contributed by atoms with Crippen molar-refractivity contribution in [3.8, 4) is 0 Å². The van der Waals surface area contributed by atoms with Gasteiger partial charge in [-0.25, -0.2) is 4.68 Å². The van der Waals surface area contributed by atoms with Crippen molar-refractivity contribution in [1.82, 2.24) is 25.1 Å². The van der Waals surface area contributed by atoms with Crippen LogP contribution < -0.4 is 4.90 Å². The summed E-state index contributed by atoms with van der Waals surface area (Å²) in [7, 11) is 1.70. The van der Waals surface area contributed by atoms with Crippen molar-refractivity contribution in [3.05, 3.63) is 35.1 Å². The summed E-state index contributed by atoms with van der Waals surface area (Å²) in [5, 5.41) is 13.2. The molecular weight excluding hydrogens is 352 g/mol. The molecule has 2 aromatic rings. The van der Waals surface area contributed by atoms with Crippen LogP contribution in [0.1, 0.15) is 31.6 Å². The Hall–Kier alpha value is -1.70. The van der Waals surface area contributed by atoms with Gasteiger partial charge in [-0.2, -0.15) is 0 Å². The zero-order valence-electron chi connectivity index (χ0n) is 15.5. The molecule has 2 heterocycles. The van der Waals surface area contributed by atoms with Crippen molar-refractivity contribution in [2.24, 2.45) is 0 Å². The lowest BCUT2D eigenvalue weighted by atomic mass is 10.1. The largest absolute Gasteiger partial charge is 0.383 e. The van der Waals surface area contributed by atoms with Crippen molar-refractivity contribution in [2.45, 2.75) is 32.4 Å². The highest BCUT2D eigenvalue weighted by atomic mass is 35.5. The quantitative estimate of drug-likeness (QED) is 0.703. The molecule has 8 heteroatoms. The second-order valence-corrected chi connectivity index (χ2v) is 7.00. The number of nitrogens with zero attached hydrogens (tertiary/aromatic N) is 6. The van der Waals surface area contributed by atoms with Crippen LogP contribution in [0, 0.1) is 0 Å². The third-order valence-electron chi connectivity index (χ3n) is 4.86. The first-order valence-corrected chi connectivity index (χ1v) is 9.60. The maximum absolute atomic E-state index is 6.14. The molecule has 1 fully saturated rings. The van der Waals surface area contributed by atoms with Crippen LogP contribution in [0.4, 0.5) is 5.69 Å². The van der Waals surface area contributed by atoms with Crippen LogP contribution in [0.5, 0.6) is 0 Å². The van der Waals surface area contributed by atoms with E-state index < -0.39 is 0 Å². The zero-order valence-corrected chi connectivity index (χ0v) is 16.3. The van der Waals surface area contributed by atoms with Gasteiger partial charge in [-0.15, -0.1) is 5.10 Å². The maximum atomic E-state index is 6.14. The summed E-state index contributed by atoms with van der Waals surface area (Å²) in [6.07, 6.45) is 2.14. The first-order valence-electron chi connectivity index (χ1n) is 9.22. The van der Waals surface area contributed by atoms with E-state index >= 15 is 0 Å². The van der Waals surface area contributed by atoms with Crippen LogP contribution in [0.25, 0.3) is 0 Å². The van der Waals surface area contributed by atoms with E-state index in [1.54, 1.807) is 7.11 Å². The number of piperazine rings is 1. The number of aromatic nitrogens is 4. The number of benzene rings is 1. The molecular formula is C18H27ClN6O. The highest BCUT2D eigenvalue weighted by Gasteiger charge is 2.28. The normalized spacial score (nSPS) is 16.8. The lowest BCUT2D eigenvalue weighted by Crippen LogP contribution is -2.48. The number of rotatable bonds is 8. The first-order chi connectivity index (χ1) is 12.7. The number of anilines is 1. The lowest BCUT2D eigenvalue weighted by molar-refractivity contribution is 0.153. The highest BCUT2D eigenvalue weighted by molar-refractivity contribution is 6.30. The van der Waals surface area contributed by atoms with Crippen molar-refractivity contribution in [1.29, 1.82) is 0 Å². The molecule has 0 bridgehead atoms. The predicted octanol–water partition coefficient (Wildman–Crippen LogP) is 2.64. The summed E-state index contributed by atoms with van der Waals surface area (Å²) in [5.41, 5.74) is 1.19. The molecule has 1 saturated heterocycles. The highest BCUT2D eigenvalue weighted by Crippen LogP contribution is 2.27. The second-order valence-electron chi connectivity index (χ2n) is 6.56. The standard InChI is InChI=1S/C18H27ClN6O/c1-3-5-17(18-20-21-22-25(18)12-13-26-2)24-10-8-23(9-11-24)16-7-4-6-15(19)14-16/h4,6-7,14,17H,3,5,8-13H2,1-2H3. The summed E-state index contributed by atoms with van der Waals surface area (Å²) in [6, 6.07) is 8.32. The summed E-state index contributed by atoms with van der Waals surface area (Å²) in [5.74, 6) is 0.945. The maximum Gasteiger partial charge on any atom is 0.168 e. The van der Waals surface area contributed by atoms with Crippen LogP contribution in [0.15, 0.2) is 24.3 Å². The molecule has 1 aromatic carbocycles. The Balaban J connectivity index is 1.68. The molecule has 3 rings (SSSR count). The van der Waals surface area contributed by atoms with Crippen LogP contribution in [0.2, 0.25) is 5.02 Å². The Morgan fingerprint density at radius 1 is 1.23 bits per heavy atom. The van der Waals surface area contributed by atoms with E-state index in [-0.39, 0.29) is 6.04 Å². The van der Waals surface area contributed by atoms with E-state index in [9.17, 15) is 0 Å². The SMILES string of the molecule is CCCC(c1nnnn1CCOC)N1CCN(c2cccc(Cl)c2)CC1. The molecule has 0 aliphatic carbocycles. The van der Waals surface area contributed by atoms with E-state index in [1.807, 2.05) is 22.9 Å². The number of ether oxygens (including phenoxy) is 1. The zero-order chi connectivity index (χ0) is 18.4. The molecule has 0 saturated carbocycles. The molecule has 0 amide bonds. The fourth-order valence-corrected chi connectivity index (χ4v) is 3.68. The van der Waals surface area contributed by atoms with E-state index in [2.05, 4.69) is 38.3 Å². The van der Waals surface area contributed by atoms with Gasteiger partial charge in [0.25, 0.3) is 0 Å². The van der Waals surface area contributed by atoms with Crippen LogP contribution in [0.3, 0.4) is 0 Å². The lowest BCUT2D eigenvalue weighted by Gasteiger charge is -2.39. The number of hydrogen-bond donors (Lipinski definition) is 0. The average Bonchev–Trinajstić information content (AvgIpc) is 3.13.